The number of halogens is 1. The van der Waals surface area contributed by atoms with Gasteiger partial charge in [0.15, 0.2) is 11.8 Å². The Kier molecular flexibility index (Phi) is 6.20. The largest absolute Gasteiger partial charge is 0.508 e. The number of nitrogens with zero attached hydrogens (tertiary/aromatic N) is 2. The number of Topliss-reactive ketones (excluding diaryl/α,β-unsaturated/α-hetero) is 1. The number of aromatic hydroxyl groups is 1. The Morgan fingerprint density at radius 2 is 1.72 bits per heavy atom. The minimum Gasteiger partial charge on any atom is -0.508 e. The smallest absolute Gasteiger partial charge is 0.259 e. The van der Waals surface area contributed by atoms with Gasteiger partial charge in [-0.3, -0.25) is 14.6 Å². The molecule has 2 N–H and O–H groups in total. The number of carbonyl (C=O) groups excluding carboxylic acids is 2. The number of phenolic OH excluding ortho intramolecular Hbond substituents is 1. The SMILES string of the molecule is C[C@H](Nc1ccc2ccccc2c1)C(=O)C1N=C(c2ccc(O)cc2)c2cc(Cl)ccc2N(C)C1=O. The van der Waals surface area contributed by atoms with E-state index in [4.69, 9.17) is 16.6 Å². The van der Waals surface area contributed by atoms with E-state index in [1.54, 1.807) is 56.4 Å². The zero-order valence-corrected chi connectivity index (χ0v) is 20.5. The number of nitrogens with one attached hydrogen (secondary N) is 1. The first-order valence-corrected chi connectivity index (χ1v) is 11.9. The summed E-state index contributed by atoms with van der Waals surface area (Å²) >= 11 is 6.30. The molecule has 0 radical (unpaired) electrons. The van der Waals surface area contributed by atoms with E-state index < -0.39 is 18.0 Å². The summed E-state index contributed by atoms with van der Waals surface area (Å²) in [6.07, 6.45) is 0. The van der Waals surface area contributed by atoms with Gasteiger partial charge < -0.3 is 15.3 Å². The number of hydrogen-bond donors (Lipinski definition) is 2. The number of carbonyl (C=O) groups is 2. The third kappa shape index (κ3) is 4.43. The van der Waals surface area contributed by atoms with Gasteiger partial charge in [-0.2, -0.15) is 0 Å². The summed E-state index contributed by atoms with van der Waals surface area (Å²) < 4.78 is 0. The van der Waals surface area contributed by atoms with Crippen molar-refractivity contribution in [3.63, 3.8) is 0 Å². The van der Waals surface area contributed by atoms with Crippen molar-refractivity contribution in [2.24, 2.45) is 4.99 Å². The molecule has 1 heterocycles. The standard InChI is InChI=1S/C29H24ClN3O3/c1-17(31-22-11-7-18-5-3-4-6-20(18)15-22)28(35)27-29(36)33(2)25-14-10-21(30)16-24(25)26(32-27)19-8-12-23(34)13-9-19/h3-17,27,31,34H,1-2H3/t17-,27?/m0/s1. The van der Waals surface area contributed by atoms with E-state index in [1.165, 1.54) is 4.90 Å². The van der Waals surface area contributed by atoms with Crippen molar-refractivity contribution in [3.8, 4) is 5.75 Å². The van der Waals surface area contributed by atoms with Crippen molar-refractivity contribution < 1.29 is 14.7 Å². The molecule has 180 valence electrons. The third-order valence-electron chi connectivity index (χ3n) is 6.37. The van der Waals surface area contributed by atoms with Crippen LogP contribution in [0.4, 0.5) is 11.4 Å². The van der Waals surface area contributed by atoms with Crippen LogP contribution in [0.2, 0.25) is 5.02 Å². The number of likely N-dealkylation sites (N-methyl/N-ethyl adjacent to an activating group) is 1. The molecule has 4 aromatic carbocycles. The molecule has 0 aromatic heterocycles. The summed E-state index contributed by atoms with van der Waals surface area (Å²) in [5, 5.41) is 15.6. The Labute approximate surface area is 213 Å². The lowest BCUT2D eigenvalue weighted by Gasteiger charge is -2.22. The molecule has 0 bridgehead atoms. The lowest BCUT2D eigenvalue weighted by Crippen LogP contribution is -2.45. The van der Waals surface area contributed by atoms with E-state index in [-0.39, 0.29) is 11.5 Å². The first-order chi connectivity index (χ1) is 17.3. The predicted molar refractivity (Wildman–Crippen MR) is 144 cm³/mol. The van der Waals surface area contributed by atoms with E-state index in [0.717, 1.165) is 16.5 Å². The van der Waals surface area contributed by atoms with Gasteiger partial charge >= 0.3 is 0 Å². The molecule has 4 aromatic rings. The molecule has 0 aliphatic carbocycles. The quantitative estimate of drug-likeness (QED) is 0.359. The van der Waals surface area contributed by atoms with Crippen LogP contribution < -0.4 is 10.2 Å². The average molecular weight is 498 g/mol. The second-order valence-electron chi connectivity index (χ2n) is 8.82. The zero-order valence-electron chi connectivity index (χ0n) is 19.8. The van der Waals surface area contributed by atoms with Crippen LogP contribution in [0.1, 0.15) is 18.1 Å². The number of rotatable bonds is 5. The van der Waals surface area contributed by atoms with Crippen molar-refractivity contribution in [3.05, 3.63) is 101 Å². The topological polar surface area (TPSA) is 82.0 Å². The van der Waals surface area contributed by atoms with Gasteiger partial charge in [0.05, 0.1) is 17.4 Å². The van der Waals surface area contributed by atoms with Crippen LogP contribution in [0.3, 0.4) is 0 Å². The molecule has 1 aliphatic heterocycles. The van der Waals surface area contributed by atoms with Gasteiger partial charge in [-0.05, 0) is 72.3 Å². The van der Waals surface area contributed by atoms with Crippen LogP contribution in [0, 0.1) is 0 Å². The molecule has 2 atom stereocenters. The molecule has 1 amide bonds. The Morgan fingerprint density at radius 3 is 2.47 bits per heavy atom. The fraction of sp³-hybridized carbons (Fsp3) is 0.138. The average Bonchev–Trinajstić information content (AvgIpc) is 2.98. The highest BCUT2D eigenvalue weighted by Gasteiger charge is 2.36. The zero-order chi connectivity index (χ0) is 25.4. The second kappa shape index (κ2) is 9.47. The molecule has 0 spiro atoms. The summed E-state index contributed by atoms with van der Waals surface area (Å²) in [7, 11) is 1.63. The highest BCUT2D eigenvalue weighted by molar-refractivity contribution is 6.32. The second-order valence-corrected chi connectivity index (χ2v) is 9.25. The predicted octanol–water partition coefficient (Wildman–Crippen LogP) is 5.45. The van der Waals surface area contributed by atoms with E-state index >= 15 is 0 Å². The van der Waals surface area contributed by atoms with Gasteiger partial charge in [-0.15, -0.1) is 0 Å². The Bertz CT molecular complexity index is 1510. The van der Waals surface area contributed by atoms with Crippen molar-refractivity contribution >= 4 is 51.2 Å². The van der Waals surface area contributed by atoms with Crippen molar-refractivity contribution in [1.82, 2.24) is 0 Å². The number of fused-ring (bicyclic) bond motifs is 2. The molecule has 1 unspecified atom stereocenters. The maximum absolute atomic E-state index is 13.6. The molecular weight excluding hydrogens is 474 g/mol. The fourth-order valence-corrected chi connectivity index (χ4v) is 4.59. The molecule has 7 heteroatoms. The molecule has 5 rings (SSSR count). The highest BCUT2D eigenvalue weighted by Crippen LogP contribution is 2.31. The molecule has 0 saturated heterocycles. The van der Waals surface area contributed by atoms with Gasteiger partial charge in [-0.25, -0.2) is 0 Å². The number of hydrogen-bond acceptors (Lipinski definition) is 5. The molecule has 0 fully saturated rings. The van der Waals surface area contributed by atoms with Crippen LogP contribution >= 0.6 is 11.6 Å². The van der Waals surface area contributed by atoms with E-state index in [1.807, 2.05) is 42.5 Å². The van der Waals surface area contributed by atoms with E-state index in [0.29, 0.717) is 27.5 Å². The Balaban J connectivity index is 1.53. The summed E-state index contributed by atoms with van der Waals surface area (Å²) in [4.78, 5) is 33.3. The summed E-state index contributed by atoms with van der Waals surface area (Å²) in [6.45, 7) is 1.73. The van der Waals surface area contributed by atoms with Gasteiger partial charge in [0.25, 0.3) is 5.91 Å². The van der Waals surface area contributed by atoms with Crippen LogP contribution in [0.15, 0.2) is 89.9 Å². The van der Waals surface area contributed by atoms with Crippen molar-refractivity contribution in [1.29, 1.82) is 0 Å². The van der Waals surface area contributed by atoms with Gasteiger partial charge in [0.2, 0.25) is 0 Å². The summed E-state index contributed by atoms with van der Waals surface area (Å²) in [5.74, 6) is -0.673. The van der Waals surface area contributed by atoms with Crippen LogP contribution in [0.25, 0.3) is 10.8 Å². The third-order valence-corrected chi connectivity index (χ3v) is 6.60. The highest BCUT2D eigenvalue weighted by atomic mass is 35.5. The van der Waals surface area contributed by atoms with Crippen LogP contribution in [-0.4, -0.2) is 41.6 Å². The summed E-state index contributed by atoms with van der Waals surface area (Å²) in [6, 6.07) is 23.6. The lowest BCUT2D eigenvalue weighted by atomic mass is 10.00. The molecule has 6 nitrogen and oxygen atoms in total. The molecular formula is C29H24ClN3O3. The Hall–Kier alpha value is -4.16. The lowest BCUT2D eigenvalue weighted by molar-refractivity contribution is -0.128. The number of phenols is 1. The van der Waals surface area contributed by atoms with E-state index in [2.05, 4.69) is 5.32 Å². The number of anilines is 2. The Morgan fingerprint density at radius 1 is 1.00 bits per heavy atom. The molecule has 0 saturated carbocycles. The van der Waals surface area contributed by atoms with Gasteiger partial charge in [0.1, 0.15) is 5.75 Å². The number of benzodiazepines with no additional fused rings is 1. The minimum absolute atomic E-state index is 0.105. The first kappa shape index (κ1) is 23.6. The molecule has 1 aliphatic rings. The minimum atomic E-state index is -1.26. The maximum atomic E-state index is 13.6. The van der Waals surface area contributed by atoms with Crippen LogP contribution in [0.5, 0.6) is 5.75 Å². The van der Waals surface area contributed by atoms with Crippen molar-refractivity contribution in [2.75, 3.05) is 17.3 Å². The summed E-state index contributed by atoms with van der Waals surface area (Å²) in [5.41, 5.74) is 3.13. The number of ketones is 1. The van der Waals surface area contributed by atoms with Crippen LogP contribution in [-0.2, 0) is 9.59 Å². The number of aliphatic imine (C=N–C) groups is 1. The van der Waals surface area contributed by atoms with Gasteiger partial charge in [0, 0.05) is 28.9 Å². The molecule has 36 heavy (non-hydrogen) atoms. The number of amides is 1. The van der Waals surface area contributed by atoms with Gasteiger partial charge in [-0.1, -0.05) is 41.9 Å². The monoisotopic (exact) mass is 497 g/mol. The first-order valence-electron chi connectivity index (χ1n) is 11.6. The van der Waals surface area contributed by atoms with E-state index in [9.17, 15) is 14.7 Å². The number of benzene rings is 4. The fourth-order valence-electron chi connectivity index (χ4n) is 4.42. The maximum Gasteiger partial charge on any atom is 0.259 e. The normalized spacial score (nSPS) is 16.2. The van der Waals surface area contributed by atoms with Crippen molar-refractivity contribution in [2.45, 2.75) is 19.0 Å².